The van der Waals surface area contributed by atoms with Gasteiger partial charge in [-0.25, -0.2) is 0 Å². The molecule has 0 amide bonds. The second kappa shape index (κ2) is 5.63. The van der Waals surface area contributed by atoms with E-state index in [2.05, 4.69) is 6.58 Å². The molecular weight excluding hydrogens is 250 g/mol. The van der Waals surface area contributed by atoms with Gasteiger partial charge in [-0.3, -0.25) is 0 Å². The van der Waals surface area contributed by atoms with Crippen LogP contribution in [-0.4, -0.2) is 25.0 Å². The Kier molecular flexibility index (Phi) is 4.15. The average Bonchev–Trinajstić information content (AvgIpc) is 2.42. The van der Waals surface area contributed by atoms with Crippen LogP contribution in [-0.2, 0) is 4.74 Å². The number of phenolic OH excluding ortho intramolecular Hbond substituents is 1. The summed E-state index contributed by atoms with van der Waals surface area (Å²) in [6, 6.07) is 3.58. The molecule has 0 spiro atoms. The first-order chi connectivity index (χ1) is 8.65. The van der Waals surface area contributed by atoms with Crippen molar-refractivity contribution in [3.05, 3.63) is 29.3 Å². The molecule has 4 heteroatoms. The molecule has 0 saturated carbocycles. The smallest absolute Gasteiger partial charge is 0.143 e. The maximum atomic E-state index is 9.95. The Morgan fingerprint density at radius 1 is 1.50 bits per heavy atom. The summed E-state index contributed by atoms with van der Waals surface area (Å²) in [7, 11) is 1.96. The van der Waals surface area contributed by atoms with Crippen molar-refractivity contribution in [1.29, 1.82) is 0 Å². The minimum atomic E-state index is 0.0537. The van der Waals surface area contributed by atoms with Crippen LogP contribution in [0.2, 0.25) is 5.02 Å². The SMILES string of the molecule is C=Cc1c(N(C)C2CCCCO2)ccc(Cl)c1O. The van der Waals surface area contributed by atoms with E-state index in [4.69, 9.17) is 16.3 Å². The number of hydrogen-bond acceptors (Lipinski definition) is 3. The lowest BCUT2D eigenvalue weighted by Gasteiger charge is -2.33. The van der Waals surface area contributed by atoms with Crippen LogP contribution in [0.1, 0.15) is 24.8 Å². The lowest BCUT2D eigenvalue weighted by molar-refractivity contribution is 0.0173. The molecule has 0 bridgehead atoms. The Hall–Kier alpha value is -1.19. The summed E-state index contributed by atoms with van der Waals surface area (Å²) in [5, 5.41) is 10.3. The fourth-order valence-electron chi connectivity index (χ4n) is 2.26. The number of aromatic hydroxyl groups is 1. The van der Waals surface area contributed by atoms with Gasteiger partial charge >= 0.3 is 0 Å². The summed E-state index contributed by atoms with van der Waals surface area (Å²) in [5.41, 5.74) is 1.54. The molecule has 1 aromatic carbocycles. The summed E-state index contributed by atoms with van der Waals surface area (Å²) in [5.74, 6) is 0.0758. The summed E-state index contributed by atoms with van der Waals surface area (Å²) in [4.78, 5) is 2.03. The van der Waals surface area contributed by atoms with E-state index in [1.165, 1.54) is 0 Å². The van der Waals surface area contributed by atoms with E-state index >= 15 is 0 Å². The number of phenols is 1. The predicted octanol–water partition coefficient (Wildman–Crippen LogP) is 3.65. The highest BCUT2D eigenvalue weighted by molar-refractivity contribution is 6.32. The largest absolute Gasteiger partial charge is 0.506 e. The van der Waals surface area contributed by atoms with Crippen LogP contribution in [0.5, 0.6) is 5.75 Å². The van der Waals surface area contributed by atoms with Crippen LogP contribution in [0.15, 0.2) is 18.7 Å². The standard InChI is InChI=1S/C14H18ClNO2/c1-3-10-12(8-7-11(15)14(10)17)16(2)13-6-4-5-9-18-13/h3,7-8,13,17H,1,4-6,9H2,2H3. The first-order valence-electron chi connectivity index (χ1n) is 6.13. The lowest BCUT2D eigenvalue weighted by Crippen LogP contribution is -2.37. The fraction of sp³-hybridized carbons (Fsp3) is 0.429. The van der Waals surface area contributed by atoms with Crippen LogP contribution in [0.25, 0.3) is 6.08 Å². The molecule has 98 valence electrons. The first kappa shape index (κ1) is 13.2. The van der Waals surface area contributed by atoms with Gasteiger partial charge in [-0.1, -0.05) is 24.3 Å². The molecule has 1 aliphatic heterocycles. The number of ether oxygens (including phenoxy) is 1. The second-order valence-corrected chi connectivity index (χ2v) is 4.87. The Morgan fingerprint density at radius 2 is 2.28 bits per heavy atom. The van der Waals surface area contributed by atoms with Crippen molar-refractivity contribution in [2.75, 3.05) is 18.6 Å². The highest BCUT2D eigenvalue weighted by Crippen LogP contribution is 2.36. The molecule has 0 aromatic heterocycles. The number of rotatable bonds is 3. The molecule has 18 heavy (non-hydrogen) atoms. The highest BCUT2D eigenvalue weighted by atomic mass is 35.5. The molecule has 1 atom stereocenters. The third-order valence-corrected chi connectivity index (χ3v) is 3.62. The first-order valence-corrected chi connectivity index (χ1v) is 6.51. The number of benzene rings is 1. The van der Waals surface area contributed by atoms with Crippen molar-refractivity contribution >= 4 is 23.4 Å². The topological polar surface area (TPSA) is 32.7 Å². The van der Waals surface area contributed by atoms with Crippen LogP contribution in [0.4, 0.5) is 5.69 Å². The molecule has 1 fully saturated rings. The normalized spacial score (nSPS) is 19.6. The van der Waals surface area contributed by atoms with Crippen molar-refractivity contribution in [1.82, 2.24) is 0 Å². The zero-order valence-corrected chi connectivity index (χ0v) is 11.3. The monoisotopic (exact) mass is 267 g/mol. The van der Waals surface area contributed by atoms with E-state index < -0.39 is 0 Å². The van der Waals surface area contributed by atoms with Gasteiger partial charge in [-0.2, -0.15) is 0 Å². The van der Waals surface area contributed by atoms with E-state index in [1.54, 1.807) is 12.1 Å². The average molecular weight is 268 g/mol. The molecular formula is C14H18ClNO2. The Balaban J connectivity index is 2.31. The fourth-order valence-corrected chi connectivity index (χ4v) is 2.43. The van der Waals surface area contributed by atoms with Crippen molar-refractivity contribution in [2.24, 2.45) is 0 Å². The molecule has 0 radical (unpaired) electrons. The molecule has 1 saturated heterocycles. The molecule has 1 aromatic rings. The number of hydrogen-bond donors (Lipinski definition) is 1. The van der Waals surface area contributed by atoms with Gasteiger partial charge in [-0.15, -0.1) is 0 Å². The maximum Gasteiger partial charge on any atom is 0.143 e. The van der Waals surface area contributed by atoms with E-state index in [0.717, 1.165) is 31.6 Å². The molecule has 1 unspecified atom stereocenters. The minimum Gasteiger partial charge on any atom is -0.506 e. The number of halogens is 1. The Labute approximate surface area is 113 Å². The molecule has 0 aliphatic carbocycles. The Morgan fingerprint density at radius 3 is 2.89 bits per heavy atom. The van der Waals surface area contributed by atoms with Crippen LogP contribution in [0, 0.1) is 0 Å². The van der Waals surface area contributed by atoms with E-state index in [9.17, 15) is 5.11 Å². The summed E-state index contributed by atoms with van der Waals surface area (Å²) >= 11 is 5.91. The molecule has 2 rings (SSSR count). The molecule has 1 heterocycles. The van der Waals surface area contributed by atoms with Gasteiger partial charge < -0.3 is 14.7 Å². The zero-order valence-electron chi connectivity index (χ0n) is 10.5. The van der Waals surface area contributed by atoms with Gasteiger partial charge in [0.1, 0.15) is 12.0 Å². The minimum absolute atomic E-state index is 0.0537. The van der Waals surface area contributed by atoms with Crippen molar-refractivity contribution in [3.8, 4) is 5.75 Å². The molecule has 1 aliphatic rings. The third-order valence-electron chi connectivity index (χ3n) is 3.32. The van der Waals surface area contributed by atoms with Gasteiger partial charge in [0, 0.05) is 24.9 Å². The zero-order chi connectivity index (χ0) is 13.1. The summed E-state index contributed by atoms with van der Waals surface area (Å²) in [6.45, 7) is 4.52. The predicted molar refractivity (Wildman–Crippen MR) is 75.2 cm³/mol. The third kappa shape index (κ3) is 2.47. The van der Waals surface area contributed by atoms with Crippen LogP contribution in [0.3, 0.4) is 0 Å². The number of nitrogens with zero attached hydrogens (tertiary/aromatic N) is 1. The molecule has 1 N–H and O–H groups in total. The number of anilines is 1. The molecule has 3 nitrogen and oxygen atoms in total. The van der Waals surface area contributed by atoms with Gasteiger partial charge in [-0.05, 0) is 31.4 Å². The quantitative estimate of drug-likeness (QED) is 0.907. The van der Waals surface area contributed by atoms with Gasteiger partial charge in [0.25, 0.3) is 0 Å². The van der Waals surface area contributed by atoms with E-state index in [-0.39, 0.29) is 12.0 Å². The Bertz CT molecular complexity index is 442. The van der Waals surface area contributed by atoms with E-state index in [0.29, 0.717) is 10.6 Å². The van der Waals surface area contributed by atoms with Crippen LogP contribution < -0.4 is 4.90 Å². The second-order valence-electron chi connectivity index (χ2n) is 4.47. The van der Waals surface area contributed by atoms with Crippen molar-refractivity contribution in [2.45, 2.75) is 25.5 Å². The summed E-state index contributed by atoms with van der Waals surface area (Å²) in [6.07, 6.45) is 4.95. The van der Waals surface area contributed by atoms with E-state index in [1.807, 2.05) is 18.0 Å². The lowest BCUT2D eigenvalue weighted by atomic mass is 10.1. The van der Waals surface area contributed by atoms with Gasteiger partial charge in [0.15, 0.2) is 0 Å². The summed E-state index contributed by atoms with van der Waals surface area (Å²) < 4.78 is 5.74. The van der Waals surface area contributed by atoms with Crippen LogP contribution >= 0.6 is 11.6 Å². The van der Waals surface area contributed by atoms with Gasteiger partial charge in [0.2, 0.25) is 0 Å². The van der Waals surface area contributed by atoms with Crippen molar-refractivity contribution in [3.63, 3.8) is 0 Å². The van der Waals surface area contributed by atoms with Gasteiger partial charge in [0.05, 0.1) is 5.02 Å². The highest BCUT2D eigenvalue weighted by Gasteiger charge is 2.21. The van der Waals surface area contributed by atoms with Crippen molar-refractivity contribution < 1.29 is 9.84 Å². The maximum absolute atomic E-state index is 9.95.